The molecule has 164 valence electrons. The molecule has 3 amide bonds. The van der Waals surface area contributed by atoms with Crippen molar-refractivity contribution in [2.75, 3.05) is 44.4 Å². The molecule has 2 N–H and O–H groups in total. The third kappa shape index (κ3) is 6.31. The summed E-state index contributed by atoms with van der Waals surface area (Å²) in [5.41, 5.74) is 2.52. The van der Waals surface area contributed by atoms with Crippen molar-refractivity contribution in [2.24, 2.45) is 0 Å². The molecule has 0 aromatic heterocycles. The van der Waals surface area contributed by atoms with E-state index < -0.39 is 0 Å². The predicted octanol–water partition coefficient (Wildman–Crippen LogP) is 3.46. The quantitative estimate of drug-likeness (QED) is 0.747. The van der Waals surface area contributed by atoms with E-state index in [1.165, 1.54) is 17.7 Å². The minimum atomic E-state index is -0.215. The van der Waals surface area contributed by atoms with Gasteiger partial charge in [-0.05, 0) is 55.3 Å². The third-order valence-electron chi connectivity index (χ3n) is 5.28. The molecule has 31 heavy (non-hydrogen) atoms. The Bertz CT molecular complexity index is 917. The Balaban J connectivity index is 1.54. The molecule has 0 unspecified atom stereocenters. The first-order valence-electron chi connectivity index (χ1n) is 10.7. The van der Waals surface area contributed by atoms with Crippen molar-refractivity contribution in [3.8, 4) is 0 Å². The van der Waals surface area contributed by atoms with Gasteiger partial charge < -0.3 is 20.4 Å². The van der Waals surface area contributed by atoms with Gasteiger partial charge in [-0.15, -0.1) is 0 Å². The zero-order chi connectivity index (χ0) is 22.2. The van der Waals surface area contributed by atoms with E-state index in [2.05, 4.69) is 10.6 Å². The summed E-state index contributed by atoms with van der Waals surface area (Å²) in [5.74, 6) is -0.268. The monoisotopic (exact) mass is 422 g/mol. The second kappa shape index (κ2) is 10.6. The standard InChI is InChI=1S/C24H30N4O3/c1-27(2)23(30)18-10-12-20(13-11-18)25-17-22(29)26-21-9-7-8-19(16-21)24(31)28-14-5-3-4-6-15-28/h7-13,16,25H,3-6,14-15,17H2,1-2H3,(H,26,29). The second-order valence-corrected chi connectivity index (χ2v) is 7.97. The number of hydrogen-bond donors (Lipinski definition) is 2. The Morgan fingerprint density at radius 2 is 1.55 bits per heavy atom. The van der Waals surface area contributed by atoms with Gasteiger partial charge in [0.1, 0.15) is 0 Å². The fourth-order valence-corrected chi connectivity index (χ4v) is 3.56. The van der Waals surface area contributed by atoms with Crippen LogP contribution in [0.3, 0.4) is 0 Å². The van der Waals surface area contributed by atoms with Gasteiger partial charge in [0, 0.05) is 49.7 Å². The average Bonchev–Trinajstić information content (AvgIpc) is 3.07. The normalized spacial score (nSPS) is 13.8. The van der Waals surface area contributed by atoms with Crippen LogP contribution < -0.4 is 10.6 Å². The Kier molecular flexibility index (Phi) is 7.65. The Labute approximate surface area is 183 Å². The fraction of sp³-hybridized carbons (Fsp3) is 0.375. The first-order valence-corrected chi connectivity index (χ1v) is 10.7. The van der Waals surface area contributed by atoms with Crippen LogP contribution in [0.4, 0.5) is 11.4 Å². The van der Waals surface area contributed by atoms with Gasteiger partial charge in [0.2, 0.25) is 5.91 Å². The van der Waals surface area contributed by atoms with Crippen LogP contribution in [0.2, 0.25) is 0 Å². The van der Waals surface area contributed by atoms with Crippen LogP contribution in [0.25, 0.3) is 0 Å². The van der Waals surface area contributed by atoms with E-state index in [4.69, 9.17) is 0 Å². The lowest BCUT2D eigenvalue weighted by atomic mass is 10.1. The lowest BCUT2D eigenvalue weighted by molar-refractivity contribution is -0.114. The largest absolute Gasteiger partial charge is 0.376 e. The number of carbonyl (C=O) groups excluding carboxylic acids is 3. The van der Waals surface area contributed by atoms with Crippen LogP contribution in [0.5, 0.6) is 0 Å². The van der Waals surface area contributed by atoms with Crippen molar-refractivity contribution in [1.29, 1.82) is 0 Å². The number of likely N-dealkylation sites (tertiary alicyclic amines) is 1. The summed E-state index contributed by atoms with van der Waals surface area (Å²) < 4.78 is 0. The zero-order valence-corrected chi connectivity index (χ0v) is 18.2. The maximum Gasteiger partial charge on any atom is 0.253 e. The molecule has 1 fully saturated rings. The highest BCUT2D eigenvalue weighted by Gasteiger charge is 2.17. The van der Waals surface area contributed by atoms with E-state index >= 15 is 0 Å². The van der Waals surface area contributed by atoms with E-state index in [1.54, 1.807) is 62.6 Å². The molecule has 1 saturated heterocycles. The Hall–Kier alpha value is -3.35. The molecule has 0 aliphatic carbocycles. The van der Waals surface area contributed by atoms with Crippen LogP contribution in [0.15, 0.2) is 48.5 Å². The maximum atomic E-state index is 12.8. The van der Waals surface area contributed by atoms with Crippen LogP contribution in [0, 0.1) is 0 Å². The van der Waals surface area contributed by atoms with Crippen molar-refractivity contribution in [1.82, 2.24) is 9.80 Å². The van der Waals surface area contributed by atoms with Gasteiger partial charge >= 0.3 is 0 Å². The molecule has 1 heterocycles. The highest BCUT2D eigenvalue weighted by molar-refractivity contribution is 5.98. The van der Waals surface area contributed by atoms with Crippen molar-refractivity contribution in [3.05, 3.63) is 59.7 Å². The van der Waals surface area contributed by atoms with Crippen LogP contribution in [-0.2, 0) is 4.79 Å². The molecule has 1 aliphatic rings. The molecular formula is C24H30N4O3. The summed E-state index contributed by atoms with van der Waals surface area (Å²) in [4.78, 5) is 40.5. The molecule has 0 spiro atoms. The van der Waals surface area contributed by atoms with Crippen LogP contribution in [-0.4, -0.2) is 61.3 Å². The highest BCUT2D eigenvalue weighted by Crippen LogP contribution is 2.17. The van der Waals surface area contributed by atoms with Crippen molar-refractivity contribution in [3.63, 3.8) is 0 Å². The van der Waals surface area contributed by atoms with Crippen LogP contribution >= 0.6 is 0 Å². The van der Waals surface area contributed by atoms with Gasteiger partial charge in [0.05, 0.1) is 6.54 Å². The molecule has 0 radical (unpaired) electrons. The minimum Gasteiger partial charge on any atom is -0.376 e. The first kappa shape index (κ1) is 22.3. The van der Waals surface area contributed by atoms with Crippen molar-refractivity contribution < 1.29 is 14.4 Å². The molecule has 7 heteroatoms. The maximum absolute atomic E-state index is 12.8. The van der Waals surface area contributed by atoms with Crippen molar-refractivity contribution >= 4 is 29.1 Å². The van der Waals surface area contributed by atoms with Gasteiger partial charge in [0.15, 0.2) is 0 Å². The number of benzene rings is 2. The van der Waals surface area contributed by atoms with Gasteiger partial charge in [-0.3, -0.25) is 14.4 Å². The lowest BCUT2D eigenvalue weighted by Gasteiger charge is -2.20. The van der Waals surface area contributed by atoms with E-state index in [0.29, 0.717) is 16.8 Å². The summed E-state index contributed by atoms with van der Waals surface area (Å²) in [6.45, 7) is 1.65. The summed E-state index contributed by atoms with van der Waals surface area (Å²) >= 11 is 0. The summed E-state index contributed by atoms with van der Waals surface area (Å²) in [6.07, 6.45) is 4.42. The number of anilines is 2. The fourth-order valence-electron chi connectivity index (χ4n) is 3.56. The second-order valence-electron chi connectivity index (χ2n) is 7.97. The zero-order valence-electron chi connectivity index (χ0n) is 18.2. The molecule has 0 atom stereocenters. The number of hydrogen-bond acceptors (Lipinski definition) is 4. The van der Waals surface area contributed by atoms with Gasteiger partial charge in [0.25, 0.3) is 11.8 Å². The van der Waals surface area contributed by atoms with Gasteiger partial charge in [-0.2, -0.15) is 0 Å². The molecule has 2 aromatic rings. The Morgan fingerprint density at radius 3 is 2.19 bits per heavy atom. The number of nitrogens with one attached hydrogen (secondary N) is 2. The molecule has 1 aliphatic heterocycles. The smallest absolute Gasteiger partial charge is 0.253 e. The highest BCUT2D eigenvalue weighted by atomic mass is 16.2. The molecule has 0 saturated carbocycles. The van der Waals surface area contributed by atoms with E-state index in [1.807, 2.05) is 4.90 Å². The summed E-state index contributed by atoms with van der Waals surface area (Å²) in [7, 11) is 3.41. The number of nitrogens with zero attached hydrogens (tertiary/aromatic N) is 2. The van der Waals surface area contributed by atoms with Gasteiger partial charge in [-0.1, -0.05) is 18.9 Å². The number of carbonyl (C=O) groups is 3. The van der Waals surface area contributed by atoms with Crippen LogP contribution in [0.1, 0.15) is 46.4 Å². The predicted molar refractivity (Wildman–Crippen MR) is 122 cm³/mol. The van der Waals surface area contributed by atoms with Crippen molar-refractivity contribution in [2.45, 2.75) is 25.7 Å². The molecule has 2 aromatic carbocycles. The van der Waals surface area contributed by atoms with Gasteiger partial charge in [-0.25, -0.2) is 0 Å². The molecule has 7 nitrogen and oxygen atoms in total. The SMILES string of the molecule is CN(C)C(=O)c1ccc(NCC(=O)Nc2cccc(C(=O)N3CCCCCC3)c2)cc1. The summed E-state index contributed by atoms with van der Waals surface area (Å²) in [6, 6.07) is 14.1. The lowest BCUT2D eigenvalue weighted by Crippen LogP contribution is -2.31. The summed E-state index contributed by atoms with van der Waals surface area (Å²) in [5, 5.41) is 5.88. The number of rotatable bonds is 6. The van der Waals surface area contributed by atoms with E-state index in [0.717, 1.165) is 31.6 Å². The van der Waals surface area contributed by atoms with E-state index in [-0.39, 0.29) is 24.3 Å². The molecule has 3 rings (SSSR count). The minimum absolute atomic E-state index is 0.0171. The first-order chi connectivity index (χ1) is 14.9. The Morgan fingerprint density at radius 1 is 0.871 bits per heavy atom. The number of amides is 3. The molecular weight excluding hydrogens is 392 g/mol. The average molecular weight is 423 g/mol. The third-order valence-corrected chi connectivity index (χ3v) is 5.28. The molecule has 0 bridgehead atoms. The van der Waals surface area contributed by atoms with E-state index in [9.17, 15) is 14.4 Å². The topological polar surface area (TPSA) is 81.8 Å².